The normalized spacial score (nSPS) is 25.7. The van der Waals surface area contributed by atoms with Crippen LogP contribution in [-0.2, 0) is 0 Å². The molecule has 0 amide bonds. The minimum absolute atomic E-state index is 0.252. The molecule has 2 N–H and O–H groups in total. The molecule has 1 saturated carbocycles. The van der Waals surface area contributed by atoms with Crippen molar-refractivity contribution in [2.24, 2.45) is 5.92 Å². The zero-order valence-electron chi connectivity index (χ0n) is 6.53. The Bertz CT molecular complexity index is 126. The van der Waals surface area contributed by atoms with Gasteiger partial charge in [-0.15, -0.1) is 5.72 Å². The van der Waals surface area contributed by atoms with Crippen LogP contribution in [0.1, 0.15) is 25.7 Å². The third-order valence-corrected chi connectivity index (χ3v) is 2.38. The fourth-order valence-electron chi connectivity index (χ4n) is 1.49. The fourth-order valence-corrected chi connectivity index (χ4v) is 1.49. The van der Waals surface area contributed by atoms with Gasteiger partial charge in [-0.25, -0.2) is 0 Å². The standard InChI is InChI=1S/C7H12B2O2/c8-6(9)5-1-3-7(10,11)4-2-5/h5-6,10-11H,1-4H2. The topological polar surface area (TPSA) is 40.5 Å². The van der Waals surface area contributed by atoms with Crippen LogP contribution in [0.2, 0.25) is 5.72 Å². The van der Waals surface area contributed by atoms with Gasteiger partial charge in [-0.2, -0.15) is 0 Å². The highest BCUT2D eigenvalue weighted by Crippen LogP contribution is 2.34. The highest BCUT2D eigenvalue weighted by molar-refractivity contribution is 6.35. The average Bonchev–Trinajstić information content (AvgIpc) is 1.86. The lowest BCUT2D eigenvalue weighted by atomic mass is 9.59. The van der Waals surface area contributed by atoms with Crippen molar-refractivity contribution in [2.45, 2.75) is 37.2 Å². The van der Waals surface area contributed by atoms with Gasteiger partial charge in [0, 0.05) is 12.8 Å². The highest BCUT2D eigenvalue weighted by atomic mass is 16.5. The summed E-state index contributed by atoms with van der Waals surface area (Å²) in [5.41, 5.74) is -0.314. The maximum absolute atomic E-state index is 9.15. The second kappa shape index (κ2) is 3.20. The van der Waals surface area contributed by atoms with E-state index in [1.165, 1.54) is 0 Å². The predicted octanol–water partition coefficient (Wildman–Crippen LogP) is -0.0595. The molecular formula is C7H12B2O2. The van der Waals surface area contributed by atoms with Crippen LogP contribution in [-0.4, -0.2) is 31.7 Å². The van der Waals surface area contributed by atoms with Gasteiger partial charge in [0.05, 0.1) is 15.7 Å². The van der Waals surface area contributed by atoms with Gasteiger partial charge in [-0.3, -0.25) is 0 Å². The summed E-state index contributed by atoms with van der Waals surface area (Å²) in [5.74, 6) is -1.21. The third kappa shape index (κ3) is 2.53. The monoisotopic (exact) mass is 150 g/mol. The molecule has 4 heteroatoms. The van der Waals surface area contributed by atoms with Gasteiger partial charge in [-0.1, -0.05) is 5.92 Å². The molecule has 0 aromatic rings. The van der Waals surface area contributed by atoms with E-state index in [4.69, 9.17) is 25.9 Å². The number of hydrogen-bond donors (Lipinski definition) is 2. The molecule has 2 nitrogen and oxygen atoms in total. The van der Waals surface area contributed by atoms with Crippen LogP contribution in [0.15, 0.2) is 0 Å². The summed E-state index contributed by atoms with van der Waals surface area (Å²) < 4.78 is 0. The van der Waals surface area contributed by atoms with E-state index < -0.39 is 5.79 Å². The van der Waals surface area contributed by atoms with E-state index in [1.807, 2.05) is 0 Å². The molecule has 0 spiro atoms. The number of rotatable bonds is 1. The second-order valence-corrected chi connectivity index (χ2v) is 3.40. The first-order valence-corrected chi connectivity index (χ1v) is 3.97. The molecule has 1 fully saturated rings. The average molecular weight is 150 g/mol. The highest BCUT2D eigenvalue weighted by Gasteiger charge is 2.31. The van der Waals surface area contributed by atoms with E-state index in [9.17, 15) is 0 Å². The predicted molar refractivity (Wildman–Crippen MR) is 44.4 cm³/mol. The molecule has 1 aliphatic carbocycles. The minimum Gasteiger partial charge on any atom is -0.366 e. The summed E-state index contributed by atoms with van der Waals surface area (Å²) in [6.45, 7) is 0. The first-order valence-electron chi connectivity index (χ1n) is 3.97. The SMILES string of the molecule is [B]C([B])C1CCC(O)(O)CC1. The summed E-state index contributed by atoms with van der Waals surface area (Å²) in [7, 11) is 10.9. The molecule has 4 radical (unpaired) electrons. The molecule has 11 heavy (non-hydrogen) atoms. The minimum atomic E-state index is -1.47. The Hall–Kier alpha value is 0.0499. The van der Waals surface area contributed by atoms with E-state index in [-0.39, 0.29) is 11.6 Å². The zero-order valence-corrected chi connectivity index (χ0v) is 6.53. The van der Waals surface area contributed by atoms with Gasteiger partial charge in [0.15, 0.2) is 5.79 Å². The smallest absolute Gasteiger partial charge is 0.162 e. The molecule has 0 aliphatic heterocycles. The molecule has 0 unspecified atom stereocenters. The van der Waals surface area contributed by atoms with E-state index in [2.05, 4.69) is 0 Å². The quantitative estimate of drug-likeness (QED) is 0.405. The lowest BCUT2D eigenvalue weighted by Crippen LogP contribution is -2.34. The fraction of sp³-hybridized carbons (Fsp3) is 1.00. The van der Waals surface area contributed by atoms with Crippen LogP contribution in [0.3, 0.4) is 0 Å². The van der Waals surface area contributed by atoms with Crippen LogP contribution >= 0.6 is 0 Å². The molecule has 0 bridgehead atoms. The third-order valence-electron chi connectivity index (χ3n) is 2.38. The number of hydrogen-bond acceptors (Lipinski definition) is 2. The summed E-state index contributed by atoms with van der Waals surface area (Å²) >= 11 is 0. The molecule has 0 heterocycles. The Kier molecular flexibility index (Phi) is 2.66. The Morgan fingerprint density at radius 1 is 1.18 bits per heavy atom. The van der Waals surface area contributed by atoms with Crippen molar-refractivity contribution in [2.75, 3.05) is 0 Å². The zero-order chi connectivity index (χ0) is 8.48. The van der Waals surface area contributed by atoms with Crippen LogP contribution in [0.4, 0.5) is 0 Å². The summed E-state index contributed by atoms with van der Waals surface area (Å²) in [6.07, 6.45) is 2.21. The van der Waals surface area contributed by atoms with Crippen molar-refractivity contribution in [3.05, 3.63) is 0 Å². The molecule has 58 valence electrons. The van der Waals surface area contributed by atoms with Gasteiger partial charge in [-0.05, 0) is 12.8 Å². The Balaban J connectivity index is 2.36. The lowest BCUT2D eigenvalue weighted by Gasteiger charge is -2.33. The van der Waals surface area contributed by atoms with Crippen molar-refractivity contribution < 1.29 is 10.2 Å². The maximum atomic E-state index is 9.15. The van der Waals surface area contributed by atoms with Crippen molar-refractivity contribution in [1.29, 1.82) is 0 Å². The first-order chi connectivity index (χ1) is 5.01. The summed E-state index contributed by atoms with van der Waals surface area (Å²) in [4.78, 5) is 0. The Morgan fingerprint density at radius 2 is 1.64 bits per heavy atom. The van der Waals surface area contributed by atoms with Gasteiger partial charge < -0.3 is 10.2 Å². The van der Waals surface area contributed by atoms with Gasteiger partial charge in [0.2, 0.25) is 0 Å². The van der Waals surface area contributed by atoms with Gasteiger partial charge >= 0.3 is 0 Å². The second-order valence-electron chi connectivity index (χ2n) is 3.40. The van der Waals surface area contributed by atoms with Crippen molar-refractivity contribution in [3.8, 4) is 0 Å². The maximum Gasteiger partial charge on any atom is 0.162 e. The Labute approximate surface area is 69.8 Å². The summed E-state index contributed by atoms with van der Waals surface area (Å²) in [6, 6.07) is 0. The molecule has 0 atom stereocenters. The van der Waals surface area contributed by atoms with E-state index >= 15 is 0 Å². The van der Waals surface area contributed by atoms with Crippen molar-refractivity contribution in [3.63, 3.8) is 0 Å². The molecular weight excluding hydrogens is 138 g/mol. The van der Waals surface area contributed by atoms with Crippen molar-refractivity contribution >= 4 is 15.7 Å². The summed E-state index contributed by atoms with van der Waals surface area (Å²) in [5, 5.41) is 18.3. The van der Waals surface area contributed by atoms with Crippen LogP contribution in [0.25, 0.3) is 0 Å². The Morgan fingerprint density at radius 3 is 2.00 bits per heavy atom. The largest absolute Gasteiger partial charge is 0.366 e. The van der Waals surface area contributed by atoms with Crippen molar-refractivity contribution in [1.82, 2.24) is 0 Å². The molecule has 1 aliphatic rings. The van der Waals surface area contributed by atoms with Gasteiger partial charge in [0.25, 0.3) is 0 Å². The molecule has 0 aromatic heterocycles. The molecule has 1 rings (SSSR count). The molecule has 0 saturated heterocycles. The first kappa shape index (κ1) is 9.14. The van der Waals surface area contributed by atoms with E-state index in [0.717, 1.165) is 0 Å². The van der Waals surface area contributed by atoms with Gasteiger partial charge in [0.1, 0.15) is 0 Å². The lowest BCUT2D eigenvalue weighted by molar-refractivity contribution is -0.185. The number of aliphatic hydroxyl groups is 2. The van der Waals surface area contributed by atoms with E-state index in [0.29, 0.717) is 25.7 Å². The van der Waals surface area contributed by atoms with Crippen LogP contribution in [0, 0.1) is 5.92 Å². The van der Waals surface area contributed by atoms with Crippen LogP contribution in [0.5, 0.6) is 0 Å². The van der Waals surface area contributed by atoms with Crippen LogP contribution < -0.4 is 0 Å². The molecule has 0 aromatic carbocycles. The van der Waals surface area contributed by atoms with E-state index in [1.54, 1.807) is 0 Å².